The molecule has 0 saturated carbocycles. The Balaban J connectivity index is 2.57. The number of aromatic nitrogens is 1. The molecule has 0 unspecified atom stereocenters. The monoisotopic (exact) mass is 242 g/mol. The zero-order chi connectivity index (χ0) is 13.0. The Labute approximate surface area is 104 Å². The number of non-ortho nitro benzene ring substituents is 1. The van der Waals surface area contributed by atoms with E-state index in [-0.39, 0.29) is 5.69 Å². The van der Waals surface area contributed by atoms with Crippen LogP contribution in [0.5, 0.6) is 0 Å². The van der Waals surface area contributed by atoms with Crippen molar-refractivity contribution in [2.75, 3.05) is 0 Å². The molecular weight excluding hydrogens is 232 g/mol. The van der Waals surface area contributed by atoms with Gasteiger partial charge in [0, 0.05) is 29.7 Å². The average Bonchev–Trinajstić information content (AvgIpc) is 2.89. The number of hydrogen-bond donors (Lipinski definition) is 0. The van der Waals surface area contributed by atoms with Gasteiger partial charge >= 0.3 is 0 Å². The van der Waals surface area contributed by atoms with E-state index in [9.17, 15) is 10.1 Å². The van der Waals surface area contributed by atoms with Gasteiger partial charge < -0.3 is 4.42 Å². The Morgan fingerprint density at radius 1 is 1.50 bits per heavy atom. The van der Waals surface area contributed by atoms with Crippen LogP contribution in [-0.4, -0.2) is 9.91 Å². The third kappa shape index (κ3) is 2.38. The number of hydrogen-bond acceptors (Lipinski definition) is 4. The van der Waals surface area contributed by atoms with Crippen molar-refractivity contribution in [1.82, 2.24) is 4.98 Å². The van der Waals surface area contributed by atoms with E-state index in [1.165, 1.54) is 24.7 Å². The number of oxazole rings is 1. The van der Waals surface area contributed by atoms with Gasteiger partial charge in [-0.05, 0) is 6.07 Å². The van der Waals surface area contributed by atoms with Crippen LogP contribution in [-0.2, 0) is 0 Å². The Bertz CT molecular complexity index is 621. The van der Waals surface area contributed by atoms with Gasteiger partial charge in [-0.15, -0.1) is 0 Å². The van der Waals surface area contributed by atoms with E-state index < -0.39 is 4.92 Å². The van der Waals surface area contributed by atoms with Crippen molar-refractivity contribution in [3.8, 4) is 23.2 Å². The second kappa shape index (κ2) is 5.15. The molecule has 5 nitrogen and oxygen atoms in total. The van der Waals surface area contributed by atoms with Crippen molar-refractivity contribution in [3.63, 3.8) is 0 Å². The molecule has 2 rings (SSSR count). The third-order valence-electron chi connectivity index (χ3n) is 2.31. The van der Waals surface area contributed by atoms with Gasteiger partial charge in [-0.25, -0.2) is 4.98 Å². The standard InChI is InChI=1S/C13H10N2O3/c1-2-3-4-10-5-6-11(15(16)17)7-12(10)13-8-14-9-18-13/h5-9H,2H2,1H3. The van der Waals surface area contributed by atoms with E-state index >= 15 is 0 Å². The van der Waals surface area contributed by atoms with E-state index in [0.29, 0.717) is 23.3 Å². The first-order valence-electron chi connectivity index (χ1n) is 5.38. The summed E-state index contributed by atoms with van der Waals surface area (Å²) in [6.07, 6.45) is 3.51. The van der Waals surface area contributed by atoms with E-state index in [0.717, 1.165) is 0 Å². The summed E-state index contributed by atoms with van der Waals surface area (Å²) in [6.45, 7) is 1.94. The lowest BCUT2D eigenvalue weighted by Crippen LogP contribution is -1.90. The Hall–Kier alpha value is -2.61. The minimum absolute atomic E-state index is 0.00319. The van der Waals surface area contributed by atoms with Crippen LogP contribution >= 0.6 is 0 Å². The molecule has 5 heteroatoms. The summed E-state index contributed by atoms with van der Waals surface area (Å²) in [6, 6.07) is 4.50. The molecule has 0 aliphatic rings. The number of nitro groups is 1. The Morgan fingerprint density at radius 3 is 2.94 bits per heavy atom. The topological polar surface area (TPSA) is 69.2 Å². The molecule has 1 heterocycles. The maximum absolute atomic E-state index is 10.8. The summed E-state index contributed by atoms with van der Waals surface area (Å²) in [5.41, 5.74) is 1.28. The molecule has 0 N–H and O–H groups in total. The number of benzene rings is 1. The molecule has 0 aliphatic heterocycles. The maximum atomic E-state index is 10.8. The van der Waals surface area contributed by atoms with Crippen molar-refractivity contribution in [3.05, 3.63) is 46.5 Å². The fourth-order valence-corrected chi connectivity index (χ4v) is 1.49. The normalized spacial score (nSPS) is 9.61. The Kier molecular flexibility index (Phi) is 3.39. The molecule has 18 heavy (non-hydrogen) atoms. The molecule has 1 aromatic heterocycles. The predicted octanol–water partition coefficient (Wildman–Crippen LogP) is 3.01. The van der Waals surface area contributed by atoms with Gasteiger partial charge in [0.05, 0.1) is 11.1 Å². The lowest BCUT2D eigenvalue weighted by molar-refractivity contribution is -0.384. The van der Waals surface area contributed by atoms with Crippen LogP contribution in [0.25, 0.3) is 11.3 Å². The molecule has 90 valence electrons. The first kappa shape index (κ1) is 11.9. The van der Waals surface area contributed by atoms with E-state index in [2.05, 4.69) is 16.8 Å². The fraction of sp³-hybridized carbons (Fsp3) is 0.154. The summed E-state index contributed by atoms with van der Waals surface area (Å²) in [5, 5.41) is 10.8. The molecule has 0 bridgehead atoms. The summed E-state index contributed by atoms with van der Waals surface area (Å²) in [4.78, 5) is 14.1. The summed E-state index contributed by atoms with van der Waals surface area (Å²) >= 11 is 0. The van der Waals surface area contributed by atoms with Crippen LogP contribution in [0.3, 0.4) is 0 Å². The molecule has 1 aromatic carbocycles. The van der Waals surface area contributed by atoms with E-state index in [1.54, 1.807) is 6.07 Å². The highest BCUT2D eigenvalue weighted by Gasteiger charge is 2.13. The predicted molar refractivity (Wildman–Crippen MR) is 65.8 cm³/mol. The smallest absolute Gasteiger partial charge is 0.270 e. The first-order valence-corrected chi connectivity index (χ1v) is 5.38. The third-order valence-corrected chi connectivity index (χ3v) is 2.31. The van der Waals surface area contributed by atoms with Gasteiger partial charge in [-0.1, -0.05) is 18.8 Å². The molecule has 0 aliphatic carbocycles. The zero-order valence-electron chi connectivity index (χ0n) is 9.71. The second-order valence-electron chi connectivity index (χ2n) is 3.51. The van der Waals surface area contributed by atoms with Gasteiger partial charge in [0.15, 0.2) is 12.2 Å². The first-order chi connectivity index (χ1) is 8.72. The highest BCUT2D eigenvalue weighted by atomic mass is 16.6. The molecule has 0 amide bonds. The van der Waals surface area contributed by atoms with Crippen molar-refractivity contribution < 1.29 is 9.34 Å². The van der Waals surface area contributed by atoms with Gasteiger partial charge in [-0.2, -0.15) is 0 Å². The maximum Gasteiger partial charge on any atom is 0.270 e. The van der Waals surface area contributed by atoms with Crippen LogP contribution in [0.15, 0.2) is 35.2 Å². The highest BCUT2D eigenvalue weighted by Crippen LogP contribution is 2.27. The number of rotatable bonds is 2. The molecular formula is C13H10N2O3. The summed E-state index contributed by atoms with van der Waals surface area (Å²) in [5.74, 6) is 6.36. The van der Waals surface area contributed by atoms with Crippen molar-refractivity contribution in [1.29, 1.82) is 0 Å². The van der Waals surface area contributed by atoms with Crippen LogP contribution in [0.4, 0.5) is 5.69 Å². The molecule has 0 atom stereocenters. The zero-order valence-corrected chi connectivity index (χ0v) is 9.71. The average molecular weight is 242 g/mol. The fourth-order valence-electron chi connectivity index (χ4n) is 1.49. The molecule has 0 radical (unpaired) electrons. The largest absolute Gasteiger partial charge is 0.443 e. The van der Waals surface area contributed by atoms with E-state index in [4.69, 9.17) is 4.42 Å². The van der Waals surface area contributed by atoms with Crippen LogP contribution in [0, 0.1) is 22.0 Å². The summed E-state index contributed by atoms with van der Waals surface area (Å²) in [7, 11) is 0. The second-order valence-corrected chi connectivity index (χ2v) is 3.51. The van der Waals surface area contributed by atoms with Gasteiger partial charge in [0.1, 0.15) is 0 Å². The number of nitrogens with zero attached hydrogens (tertiary/aromatic N) is 2. The van der Waals surface area contributed by atoms with Crippen molar-refractivity contribution in [2.24, 2.45) is 0 Å². The minimum Gasteiger partial charge on any atom is -0.443 e. The van der Waals surface area contributed by atoms with Crippen LogP contribution in [0.1, 0.15) is 18.9 Å². The lowest BCUT2D eigenvalue weighted by atomic mass is 10.0. The van der Waals surface area contributed by atoms with Crippen molar-refractivity contribution >= 4 is 5.69 Å². The SMILES string of the molecule is CCC#Cc1ccc([N+](=O)[O-])cc1-c1cnco1. The molecule has 2 aromatic rings. The van der Waals surface area contributed by atoms with Gasteiger partial charge in [0.2, 0.25) is 0 Å². The quantitative estimate of drug-likeness (QED) is 0.461. The highest BCUT2D eigenvalue weighted by molar-refractivity contribution is 5.69. The lowest BCUT2D eigenvalue weighted by Gasteiger charge is -2.00. The Morgan fingerprint density at radius 2 is 2.33 bits per heavy atom. The molecule has 0 saturated heterocycles. The van der Waals surface area contributed by atoms with Crippen LogP contribution < -0.4 is 0 Å². The van der Waals surface area contributed by atoms with E-state index in [1.807, 2.05) is 6.92 Å². The number of nitro benzene ring substituents is 1. The van der Waals surface area contributed by atoms with Crippen molar-refractivity contribution in [2.45, 2.75) is 13.3 Å². The molecule has 0 fully saturated rings. The van der Waals surface area contributed by atoms with Crippen LogP contribution in [0.2, 0.25) is 0 Å². The molecule has 0 spiro atoms. The van der Waals surface area contributed by atoms with Gasteiger partial charge in [0.25, 0.3) is 5.69 Å². The summed E-state index contributed by atoms with van der Waals surface area (Å²) < 4.78 is 5.17. The minimum atomic E-state index is -0.448. The van der Waals surface area contributed by atoms with Gasteiger partial charge in [-0.3, -0.25) is 10.1 Å².